The number of rotatable bonds is 6. The van der Waals surface area contributed by atoms with Gasteiger partial charge in [-0.2, -0.15) is 0 Å². The van der Waals surface area contributed by atoms with Crippen molar-refractivity contribution in [2.24, 2.45) is 0 Å². The second-order valence-corrected chi connectivity index (χ2v) is 6.98. The molecule has 26 heavy (non-hydrogen) atoms. The Bertz CT molecular complexity index is 909. The fourth-order valence-electron chi connectivity index (χ4n) is 2.62. The average molecular weight is 369 g/mol. The highest BCUT2D eigenvalue weighted by molar-refractivity contribution is 7.18. The van der Waals surface area contributed by atoms with Crippen molar-refractivity contribution < 1.29 is 9.18 Å². The zero-order valence-corrected chi connectivity index (χ0v) is 15.6. The first-order valence-corrected chi connectivity index (χ1v) is 9.38. The van der Waals surface area contributed by atoms with Gasteiger partial charge in [0.05, 0.1) is 0 Å². The maximum absolute atomic E-state index is 13.5. The van der Waals surface area contributed by atoms with Crippen molar-refractivity contribution in [3.05, 3.63) is 65.5 Å². The van der Waals surface area contributed by atoms with Crippen LogP contribution in [0.15, 0.2) is 48.5 Å². The molecule has 1 aromatic heterocycles. The van der Waals surface area contributed by atoms with Crippen LogP contribution in [0, 0.1) is 12.7 Å². The van der Waals surface area contributed by atoms with E-state index in [2.05, 4.69) is 17.1 Å². The SMILES string of the molecule is CCCCN(C(=O)c1ccccc1C)c1nnc(-c2cccc(F)c2)s1. The number of carbonyl (C=O) groups is 1. The number of carbonyl (C=O) groups excluding carboxylic acids is 1. The Morgan fingerprint density at radius 3 is 2.69 bits per heavy atom. The summed E-state index contributed by atoms with van der Waals surface area (Å²) in [6, 6.07) is 13.7. The summed E-state index contributed by atoms with van der Waals surface area (Å²) in [4.78, 5) is 14.7. The minimum atomic E-state index is -0.321. The summed E-state index contributed by atoms with van der Waals surface area (Å²) >= 11 is 1.30. The Kier molecular flexibility index (Phi) is 5.73. The number of nitrogens with zero attached hydrogens (tertiary/aromatic N) is 3. The van der Waals surface area contributed by atoms with Crippen LogP contribution >= 0.6 is 11.3 Å². The van der Waals surface area contributed by atoms with E-state index in [9.17, 15) is 9.18 Å². The highest BCUT2D eigenvalue weighted by atomic mass is 32.1. The molecule has 4 nitrogen and oxygen atoms in total. The van der Waals surface area contributed by atoms with E-state index >= 15 is 0 Å². The van der Waals surface area contributed by atoms with E-state index in [1.165, 1.54) is 23.5 Å². The first-order chi connectivity index (χ1) is 12.6. The van der Waals surface area contributed by atoms with E-state index in [0.717, 1.165) is 18.4 Å². The Hall–Kier alpha value is -2.60. The van der Waals surface area contributed by atoms with Crippen molar-refractivity contribution in [3.8, 4) is 10.6 Å². The molecular formula is C20H20FN3OS. The van der Waals surface area contributed by atoms with Gasteiger partial charge in [0.2, 0.25) is 5.13 Å². The van der Waals surface area contributed by atoms with Crippen molar-refractivity contribution in [1.29, 1.82) is 0 Å². The van der Waals surface area contributed by atoms with Crippen LogP contribution in [0.5, 0.6) is 0 Å². The lowest BCUT2D eigenvalue weighted by atomic mass is 10.1. The van der Waals surface area contributed by atoms with E-state index < -0.39 is 0 Å². The smallest absolute Gasteiger partial charge is 0.260 e. The highest BCUT2D eigenvalue weighted by Crippen LogP contribution is 2.30. The van der Waals surface area contributed by atoms with Crippen LogP contribution in [0.25, 0.3) is 10.6 Å². The minimum Gasteiger partial charge on any atom is -0.283 e. The standard InChI is InChI=1S/C20H20FN3OS/c1-3-4-12-24(19(25)17-11-6-5-8-14(17)2)20-23-22-18(26-20)15-9-7-10-16(21)13-15/h5-11,13H,3-4,12H2,1-2H3. The zero-order valence-electron chi connectivity index (χ0n) is 14.8. The molecule has 0 spiro atoms. The molecule has 134 valence electrons. The van der Waals surface area contributed by atoms with Crippen molar-refractivity contribution in [3.63, 3.8) is 0 Å². The molecule has 3 aromatic rings. The second kappa shape index (κ2) is 8.19. The lowest BCUT2D eigenvalue weighted by Gasteiger charge is -2.20. The molecule has 0 saturated heterocycles. The van der Waals surface area contributed by atoms with Crippen molar-refractivity contribution >= 4 is 22.4 Å². The summed E-state index contributed by atoms with van der Waals surface area (Å²) in [5, 5.41) is 9.50. The molecule has 0 aliphatic rings. The van der Waals surface area contributed by atoms with Gasteiger partial charge < -0.3 is 0 Å². The molecule has 6 heteroatoms. The van der Waals surface area contributed by atoms with E-state index in [1.807, 2.05) is 31.2 Å². The average Bonchev–Trinajstić information content (AvgIpc) is 3.12. The van der Waals surface area contributed by atoms with E-state index in [1.54, 1.807) is 17.0 Å². The maximum atomic E-state index is 13.5. The van der Waals surface area contributed by atoms with Gasteiger partial charge in [0.25, 0.3) is 5.91 Å². The van der Waals surface area contributed by atoms with E-state index in [-0.39, 0.29) is 11.7 Å². The lowest BCUT2D eigenvalue weighted by molar-refractivity contribution is 0.0986. The van der Waals surface area contributed by atoms with Gasteiger partial charge in [0, 0.05) is 17.7 Å². The molecule has 0 aliphatic heterocycles. The number of hydrogen-bond acceptors (Lipinski definition) is 4. The number of halogens is 1. The highest BCUT2D eigenvalue weighted by Gasteiger charge is 2.22. The van der Waals surface area contributed by atoms with Crippen LogP contribution in [-0.4, -0.2) is 22.6 Å². The Morgan fingerprint density at radius 2 is 1.96 bits per heavy atom. The van der Waals surface area contributed by atoms with Gasteiger partial charge in [-0.25, -0.2) is 4.39 Å². The number of amides is 1. The van der Waals surface area contributed by atoms with Gasteiger partial charge in [-0.3, -0.25) is 9.69 Å². The Morgan fingerprint density at radius 1 is 1.15 bits per heavy atom. The third kappa shape index (κ3) is 3.96. The quantitative estimate of drug-likeness (QED) is 0.607. The molecule has 0 radical (unpaired) electrons. The van der Waals surface area contributed by atoms with Crippen LogP contribution in [0.4, 0.5) is 9.52 Å². The van der Waals surface area contributed by atoms with Crippen LogP contribution in [0.1, 0.15) is 35.7 Å². The largest absolute Gasteiger partial charge is 0.283 e. The van der Waals surface area contributed by atoms with Gasteiger partial charge in [0.1, 0.15) is 10.8 Å². The molecule has 0 saturated carbocycles. The molecule has 0 N–H and O–H groups in total. The maximum Gasteiger partial charge on any atom is 0.260 e. The van der Waals surface area contributed by atoms with E-state index in [0.29, 0.717) is 27.8 Å². The van der Waals surface area contributed by atoms with Crippen molar-refractivity contribution in [2.45, 2.75) is 26.7 Å². The van der Waals surface area contributed by atoms with Gasteiger partial charge >= 0.3 is 0 Å². The van der Waals surface area contributed by atoms with Crippen molar-refractivity contribution in [2.75, 3.05) is 11.4 Å². The first-order valence-electron chi connectivity index (χ1n) is 8.57. The zero-order chi connectivity index (χ0) is 18.5. The molecule has 1 amide bonds. The molecule has 0 bridgehead atoms. The summed E-state index contributed by atoms with van der Waals surface area (Å²) in [6.07, 6.45) is 1.83. The Balaban J connectivity index is 1.93. The van der Waals surface area contributed by atoms with Gasteiger partial charge in [-0.15, -0.1) is 10.2 Å². The molecule has 2 aromatic carbocycles. The fraction of sp³-hybridized carbons (Fsp3) is 0.250. The monoisotopic (exact) mass is 369 g/mol. The third-order valence-corrected chi connectivity index (χ3v) is 5.07. The molecule has 0 unspecified atom stereocenters. The Labute approximate surface area is 156 Å². The van der Waals surface area contributed by atoms with Crippen LogP contribution < -0.4 is 4.90 Å². The number of benzene rings is 2. The van der Waals surface area contributed by atoms with Crippen LogP contribution in [0.3, 0.4) is 0 Å². The summed E-state index contributed by atoms with van der Waals surface area (Å²) in [6.45, 7) is 4.57. The number of aryl methyl sites for hydroxylation is 1. The number of unbranched alkanes of at least 4 members (excludes halogenated alkanes) is 1. The minimum absolute atomic E-state index is 0.0847. The normalized spacial score (nSPS) is 10.7. The van der Waals surface area contributed by atoms with Crippen LogP contribution in [-0.2, 0) is 0 Å². The molecular weight excluding hydrogens is 349 g/mol. The molecule has 0 fully saturated rings. The summed E-state index contributed by atoms with van der Waals surface area (Å²) < 4.78 is 13.5. The summed E-state index contributed by atoms with van der Waals surface area (Å²) in [7, 11) is 0. The third-order valence-electron chi connectivity index (χ3n) is 4.07. The molecule has 0 aliphatic carbocycles. The predicted octanol–water partition coefficient (Wildman–Crippen LogP) is 5.10. The topological polar surface area (TPSA) is 46.1 Å². The predicted molar refractivity (Wildman–Crippen MR) is 103 cm³/mol. The second-order valence-electron chi connectivity index (χ2n) is 6.03. The van der Waals surface area contributed by atoms with Crippen LogP contribution in [0.2, 0.25) is 0 Å². The van der Waals surface area contributed by atoms with Crippen molar-refractivity contribution in [1.82, 2.24) is 10.2 Å². The fourth-order valence-corrected chi connectivity index (χ4v) is 3.49. The molecule has 0 atom stereocenters. The molecule has 1 heterocycles. The number of hydrogen-bond donors (Lipinski definition) is 0. The summed E-state index contributed by atoms with van der Waals surface area (Å²) in [5.41, 5.74) is 2.24. The number of anilines is 1. The van der Waals surface area contributed by atoms with Gasteiger partial charge in [-0.1, -0.05) is 55.0 Å². The lowest BCUT2D eigenvalue weighted by Crippen LogP contribution is -2.32. The molecule has 3 rings (SSSR count). The van der Waals surface area contributed by atoms with Gasteiger partial charge in [-0.05, 0) is 37.1 Å². The summed E-state index contributed by atoms with van der Waals surface area (Å²) in [5.74, 6) is -0.406. The van der Waals surface area contributed by atoms with Gasteiger partial charge in [0.15, 0.2) is 0 Å². The van der Waals surface area contributed by atoms with E-state index in [4.69, 9.17) is 0 Å². The first kappa shape index (κ1) is 18.2. The number of aromatic nitrogens is 2.